The highest BCUT2D eigenvalue weighted by molar-refractivity contribution is 7.89. The Kier molecular flexibility index (Phi) is 4.15. The van der Waals surface area contributed by atoms with Gasteiger partial charge in [-0.1, -0.05) is 19.3 Å². The van der Waals surface area contributed by atoms with Gasteiger partial charge in [0.1, 0.15) is 17.5 Å². The standard InChI is InChI=1S/C12H14F3NO2S/c13-8-6-10(14)12(11(15)7-8)19(17,18)16-9-4-2-1-3-5-9/h6-7,9,16H,1-5H2. The molecule has 0 unspecified atom stereocenters. The molecule has 0 amide bonds. The third kappa shape index (κ3) is 3.27. The molecule has 19 heavy (non-hydrogen) atoms. The lowest BCUT2D eigenvalue weighted by Gasteiger charge is -2.22. The second-order valence-electron chi connectivity index (χ2n) is 4.65. The Hall–Kier alpha value is -1.08. The van der Waals surface area contributed by atoms with Crippen molar-refractivity contribution < 1.29 is 21.6 Å². The third-order valence-electron chi connectivity index (χ3n) is 3.16. The number of hydrogen-bond donors (Lipinski definition) is 1. The Morgan fingerprint density at radius 3 is 2.05 bits per heavy atom. The maximum Gasteiger partial charge on any atom is 0.246 e. The van der Waals surface area contributed by atoms with Crippen molar-refractivity contribution in [3.63, 3.8) is 0 Å². The lowest BCUT2D eigenvalue weighted by atomic mass is 9.96. The van der Waals surface area contributed by atoms with Gasteiger partial charge in [-0.3, -0.25) is 0 Å². The maximum absolute atomic E-state index is 13.5. The summed E-state index contributed by atoms with van der Waals surface area (Å²) in [7, 11) is -4.30. The van der Waals surface area contributed by atoms with Crippen LogP contribution in [0.5, 0.6) is 0 Å². The van der Waals surface area contributed by atoms with Gasteiger partial charge in [-0.25, -0.2) is 26.3 Å². The Labute approximate surface area is 109 Å². The van der Waals surface area contributed by atoms with E-state index in [9.17, 15) is 21.6 Å². The summed E-state index contributed by atoms with van der Waals surface area (Å²) < 4.78 is 65.8. The van der Waals surface area contributed by atoms with Gasteiger partial charge in [0.25, 0.3) is 0 Å². The van der Waals surface area contributed by atoms with Crippen LogP contribution in [0, 0.1) is 17.5 Å². The second kappa shape index (κ2) is 5.50. The molecule has 0 saturated heterocycles. The molecule has 1 aliphatic carbocycles. The first-order chi connectivity index (χ1) is 8.90. The van der Waals surface area contributed by atoms with Crippen molar-refractivity contribution in [2.75, 3.05) is 0 Å². The summed E-state index contributed by atoms with van der Waals surface area (Å²) in [6, 6.07) is 0.402. The van der Waals surface area contributed by atoms with Crippen LogP contribution in [-0.4, -0.2) is 14.5 Å². The van der Waals surface area contributed by atoms with Crippen LogP contribution in [0.25, 0.3) is 0 Å². The number of nitrogens with one attached hydrogen (secondary N) is 1. The smallest absolute Gasteiger partial charge is 0.208 e. The van der Waals surface area contributed by atoms with Crippen LogP contribution in [0.4, 0.5) is 13.2 Å². The van der Waals surface area contributed by atoms with Gasteiger partial charge in [0, 0.05) is 18.2 Å². The average molecular weight is 293 g/mol. The first-order valence-corrected chi connectivity index (χ1v) is 7.55. The molecule has 1 saturated carbocycles. The highest BCUT2D eigenvalue weighted by Gasteiger charge is 2.28. The summed E-state index contributed by atoms with van der Waals surface area (Å²) >= 11 is 0. The Morgan fingerprint density at radius 2 is 1.53 bits per heavy atom. The second-order valence-corrected chi connectivity index (χ2v) is 6.31. The predicted octanol–water partition coefficient (Wildman–Crippen LogP) is 2.71. The molecule has 1 aromatic rings. The van der Waals surface area contributed by atoms with E-state index in [4.69, 9.17) is 0 Å². The topological polar surface area (TPSA) is 46.2 Å². The molecular weight excluding hydrogens is 279 g/mol. The third-order valence-corrected chi connectivity index (χ3v) is 4.73. The fourth-order valence-corrected chi connectivity index (χ4v) is 3.71. The largest absolute Gasteiger partial charge is 0.246 e. The summed E-state index contributed by atoms with van der Waals surface area (Å²) in [5.74, 6) is -3.98. The van der Waals surface area contributed by atoms with E-state index >= 15 is 0 Å². The van der Waals surface area contributed by atoms with Crippen molar-refractivity contribution in [2.24, 2.45) is 0 Å². The van der Waals surface area contributed by atoms with E-state index in [0.717, 1.165) is 19.3 Å². The number of rotatable bonds is 3. The molecule has 0 atom stereocenters. The molecule has 2 rings (SSSR count). The zero-order valence-electron chi connectivity index (χ0n) is 10.1. The van der Waals surface area contributed by atoms with Crippen molar-refractivity contribution >= 4 is 10.0 Å². The van der Waals surface area contributed by atoms with Gasteiger partial charge in [0.05, 0.1) is 0 Å². The summed E-state index contributed by atoms with van der Waals surface area (Å²) in [6.45, 7) is 0. The van der Waals surface area contributed by atoms with E-state index in [1.54, 1.807) is 0 Å². The van der Waals surface area contributed by atoms with Crippen LogP contribution in [0.3, 0.4) is 0 Å². The van der Waals surface area contributed by atoms with Gasteiger partial charge in [-0.2, -0.15) is 0 Å². The quantitative estimate of drug-likeness (QED) is 0.931. The van der Waals surface area contributed by atoms with E-state index in [1.165, 1.54) is 0 Å². The molecule has 7 heteroatoms. The minimum atomic E-state index is -4.30. The summed E-state index contributed by atoms with van der Waals surface area (Å²) in [5, 5.41) is 0. The molecule has 1 aliphatic rings. The van der Waals surface area contributed by atoms with Crippen LogP contribution >= 0.6 is 0 Å². The molecular formula is C12H14F3NO2S. The molecule has 0 aromatic heterocycles. The van der Waals surface area contributed by atoms with Gasteiger partial charge in [0.15, 0.2) is 4.90 Å². The summed E-state index contributed by atoms with van der Waals surface area (Å²) in [6.07, 6.45) is 4.06. The van der Waals surface area contributed by atoms with E-state index in [2.05, 4.69) is 4.72 Å². The Balaban J connectivity index is 2.29. The predicted molar refractivity (Wildman–Crippen MR) is 63.5 cm³/mol. The zero-order valence-corrected chi connectivity index (χ0v) is 10.9. The maximum atomic E-state index is 13.5. The molecule has 0 spiro atoms. The SMILES string of the molecule is O=S(=O)(NC1CCCCC1)c1c(F)cc(F)cc1F. The van der Waals surface area contributed by atoms with Crippen molar-refractivity contribution in [1.82, 2.24) is 4.72 Å². The lowest BCUT2D eigenvalue weighted by molar-refractivity contribution is 0.409. The molecule has 3 nitrogen and oxygen atoms in total. The number of benzene rings is 1. The molecule has 1 N–H and O–H groups in total. The average Bonchev–Trinajstić information content (AvgIpc) is 2.27. The van der Waals surface area contributed by atoms with Crippen LogP contribution < -0.4 is 4.72 Å². The minimum Gasteiger partial charge on any atom is -0.208 e. The van der Waals surface area contributed by atoms with Crippen LogP contribution in [-0.2, 0) is 10.0 Å². The molecule has 0 radical (unpaired) electrons. The van der Waals surface area contributed by atoms with Crippen LogP contribution in [0.2, 0.25) is 0 Å². The first kappa shape index (κ1) is 14.3. The number of halogens is 3. The fourth-order valence-electron chi connectivity index (χ4n) is 2.28. The highest BCUT2D eigenvalue weighted by atomic mass is 32.2. The molecule has 1 aromatic carbocycles. The van der Waals surface area contributed by atoms with Gasteiger partial charge in [-0.05, 0) is 12.8 Å². The summed E-state index contributed by atoms with van der Waals surface area (Å²) in [5.41, 5.74) is 0. The van der Waals surface area contributed by atoms with Crippen LogP contribution in [0.1, 0.15) is 32.1 Å². The molecule has 0 heterocycles. The van der Waals surface area contributed by atoms with Crippen molar-refractivity contribution in [3.8, 4) is 0 Å². The van der Waals surface area contributed by atoms with Crippen molar-refractivity contribution in [1.29, 1.82) is 0 Å². The van der Waals surface area contributed by atoms with Crippen molar-refractivity contribution in [3.05, 3.63) is 29.6 Å². The summed E-state index contributed by atoms with van der Waals surface area (Å²) in [4.78, 5) is -1.11. The van der Waals surface area contributed by atoms with E-state index < -0.39 is 32.4 Å². The molecule has 106 valence electrons. The van der Waals surface area contributed by atoms with Gasteiger partial charge in [0.2, 0.25) is 10.0 Å². The van der Waals surface area contributed by atoms with E-state index in [-0.39, 0.29) is 6.04 Å². The number of sulfonamides is 1. The van der Waals surface area contributed by atoms with E-state index in [0.29, 0.717) is 25.0 Å². The number of hydrogen-bond acceptors (Lipinski definition) is 2. The monoisotopic (exact) mass is 293 g/mol. The highest BCUT2D eigenvalue weighted by Crippen LogP contribution is 2.23. The van der Waals surface area contributed by atoms with Crippen LogP contribution in [0.15, 0.2) is 17.0 Å². The van der Waals surface area contributed by atoms with Gasteiger partial charge >= 0.3 is 0 Å². The van der Waals surface area contributed by atoms with E-state index in [1.807, 2.05) is 0 Å². The lowest BCUT2D eigenvalue weighted by Crippen LogP contribution is -2.37. The Bertz CT molecular complexity index is 545. The normalized spacial score (nSPS) is 17.6. The molecule has 0 bridgehead atoms. The van der Waals surface area contributed by atoms with Crippen molar-refractivity contribution in [2.45, 2.75) is 43.0 Å². The fraction of sp³-hybridized carbons (Fsp3) is 0.500. The minimum absolute atomic E-state index is 0.317. The zero-order chi connectivity index (χ0) is 14.0. The molecule has 1 fully saturated rings. The first-order valence-electron chi connectivity index (χ1n) is 6.07. The molecule has 0 aliphatic heterocycles. The van der Waals surface area contributed by atoms with Gasteiger partial charge in [-0.15, -0.1) is 0 Å². The van der Waals surface area contributed by atoms with Gasteiger partial charge < -0.3 is 0 Å². The Morgan fingerprint density at radius 1 is 1.00 bits per heavy atom.